The van der Waals surface area contributed by atoms with Crippen LogP contribution in [-0.4, -0.2) is 16.0 Å². The molecule has 0 saturated heterocycles. The third-order valence-corrected chi connectivity index (χ3v) is 4.13. The van der Waals surface area contributed by atoms with E-state index < -0.39 is 0 Å². The first-order valence-electron chi connectivity index (χ1n) is 8.28. The first-order chi connectivity index (χ1) is 12.5. The van der Waals surface area contributed by atoms with Crippen LogP contribution in [0, 0.1) is 0 Å². The number of fused-ring (bicyclic) bond motifs is 1. The van der Waals surface area contributed by atoms with Gasteiger partial charge in [0.1, 0.15) is 5.52 Å². The molecule has 0 aliphatic rings. The molecule has 0 spiro atoms. The summed E-state index contributed by atoms with van der Waals surface area (Å²) >= 11 is 11.1. The van der Waals surface area contributed by atoms with Gasteiger partial charge in [-0.1, -0.05) is 30.7 Å². The minimum absolute atomic E-state index is 0.0855. The number of carbonyl (C=O) groups is 1. The van der Waals surface area contributed by atoms with Crippen molar-refractivity contribution in [2.24, 2.45) is 0 Å². The number of aromatic nitrogens is 1. The fourth-order valence-electron chi connectivity index (χ4n) is 2.48. The smallest absolute Gasteiger partial charge is 0.226 e. The maximum absolute atomic E-state index is 11.5. The standard InChI is InChI=1S/C19H18ClN3O2S/c1-2-3-17(24)23-19(26)21-14-7-4-12(5-8-14)10-18-22-15-11-13(20)6-9-16(15)25-18/h4-9,11H,2-3,10H2,1H3,(H2,21,23,24,26). The van der Waals surface area contributed by atoms with Gasteiger partial charge in [-0.25, -0.2) is 4.98 Å². The second-order valence-corrected chi connectivity index (χ2v) is 6.69. The number of anilines is 1. The lowest BCUT2D eigenvalue weighted by Gasteiger charge is -2.09. The normalized spacial score (nSPS) is 10.7. The van der Waals surface area contributed by atoms with Crippen molar-refractivity contribution in [2.75, 3.05) is 5.32 Å². The second-order valence-electron chi connectivity index (χ2n) is 5.85. The summed E-state index contributed by atoms with van der Waals surface area (Å²) in [5.74, 6) is 0.544. The molecule has 0 aliphatic heterocycles. The van der Waals surface area contributed by atoms with Crippen molar-refractivity contribution in [2.45, 2.75) is 26.2 Å². The van der Waals surface area contributed by atoms with Gasteiger partial charge in [-0.3, -0.25) is 4.79 Å². The van der Waals surface area contributed by atoms with Crippen LogP contribution in [0.3, 0.4) is 0 Å². The quantitative estimate of drug-likeness (QED) is 0.622. The molecule has 26 heavy (non-hydrogen) atoms. The first-order valence-corrected chi connectivity index (χ1v) is 9.07. The van der Waals surface area contributed by atoms with Crippen LogP contribution in [-0.2, 0) is 11.2 Å². The molecule has 3 aromatic rings. The average molecular weight is 388 g/mol. The van der Waals surface area contributed by atoms with E-state index >= 15 is 0 Å². The summed E-state index contributed by atoms with van der Waals surface area (Å²) < 4.78 is 5.73. The number of thiocarbonyl (C=S) groups is 1. The van der Waals surface area contributed by atoms with Crippen molar-refractivity contribution < 1.29 is 9.21 Å². The first kappa shape index (κ1) is 18.4. The number of hydrogen-bond acceptors (Lipinski definition) is 4. The predicted octanol–water partition coefficient (Wildman–Crippen LogP) is 4.69. The maximum atomic E-state index is 11.5. The van der Waals surface area contributed by atoms with Gasteiger partial charge < -0.3 is 15.1 Å². The van der Waals surface area contributed by atoms with Gasteiger partial charge in [0.05, 0.1) is 0 Å². The molecule has 0 saturated carbocycles. The summed E-state index contributed by atoms with van der Waals surface area (Å²) in [6.07, 6.45) is 1.81. The molecule has 0 atom stereocenters. The Labute approximate surface area is 161 Å². The van der Waals surface area contributed by atoms with E-state index in [4.69, 9.17) is 28.2 Å². The van der Waals surface area contributed by atoms with E-state index in [1.165, 1.54) is 0 Å². The number of rotatable bonds is 5. The number of oxazole rings is 1. The Morgan fingerprint density at radius 1 is 1.23 bits per heavy atom. The zero-order valence-electron chi connectivity index (χ0n) is 14.2. The van der Waals surface area contributed by atoms with Gasteiger partial charge in [-0.15, -0.1) is 0 Å². The van der Waals surface area contributed by atoms with E-state index in [0.29, 0.717) is 28.9 Å². The van der Waals surface area contributed by atoms with Gasteiger partial charge >= 0.3 is 0 Å². The molecular formula is C19H18ClN3O2S. The Morgan fingerprint density at radius 2 is 2.00 bits per heavy atom. The van der Waals surface area contributed by atoms with Gasteiger partial charge in [-0.2, -0.15) is 0 Å². The Balaban J connectivity index is 1.61. The van der Waals surface area contributed by atoms with E-state index in [-0.39, 0.29) is 5.91 Å². The lowest BCUT2D eigenvalue weighted by atomic mass is 10.1. The molecule has 3 rings (SSSR count). The molecule has 134 valence electrons. The van der Waals surface area contributed by atoms with Crippen LogP contribution < -0.4 is 10.6 Å². The van der Waals surface area contributed by atoms with E-state index in [2.05, 4.69) is 15.6 Å². The molecule has 5 nitrogen and oxygen atoms in total. The maximum Gasteiger partial charge on any atom is 0.226 e. The molecule has 0 aliphatic carbocycles. The van der Waals surface area contributed by atoms with Gasteiger partial charge in [0, 0.05) is 23.6 Å². The third kappa shape index (κ3) is 4.80. The number of hydrogen-bond donors (Lipinski definition) is 2. The van der Waals surface area contributed by atoms with Gasteiger partial charge in [0.15, 0.2) is 16.6 Å². The number of benzene rings is 2. The minimum atomic E-state index is -0.0855. The number of nitrogens with one attached hydrogen (secondary N) is 2. The highest BCUT2D eigenvalue weighted by Crippen LogP contribution is 2.21. The third-order valence-electron chi connectivity index (χ3n) is 3.69. The van der Waals surface area contributed by atoms with Crippen molar-refractivity contribution in [3.8, 4) is 0 Å². The monoisotopic (exact) mass is 387 g/mol. The predicted molar refractivity (Wildman–Crippen MR) is 108 cm³/mol. The van der Waals surface area contributed by atoms with Crippen LogP contribution in [0.4, 0.5) is 5.69 Å². The molecular weight excluding hydrogens is 370 g/mol. The van der Waals surface area contributed by atoms with Gasteiger partial charge in [-0.05, 0) is 54.5 Å². The summed E-state index contributed by atoms with van der Waals surface area (Å²) in [5, 5.41) is 6.58. The summed E-state index contributed by atoms with van der Waals surface area (Å²) in [4.78, 5) is 16.0. The molecule has 7 heteroatoms. The molecule has 1 amide bonds. The molecule has 1 heterocycles. The summed E-state index contributed by atoms with van der Waals surface area (Å²) in [6.45, 7) is 1.94. The van der Waals surface area contributed by atoms with Crippen molar-refractivity contribution in [1.29, 1.82) is 0 Å². The SMILES string of the molecule is CCCC(=O)NC(=S)Nc1ccc(Cc2nc3cc(Cl)ccc3o2)cc1. The van der Waals surface area contributed by atoms with Crippen LogP contribution in [0.1, 0.15) is 31.2 Å². The van der Waals surface area contributed by atoms with Crippen molar-refractivity contribution in [1.82, 2.24) is 10.3 Å². The van der Waals surface area contributed by atoms with Gasteiger partial charge in [0.2, 0.25) is 5.91 Å². The highest BCUT2D eigenvalue weighted by atomic mass is 35.5. The summed E-state index contributed by atoms with van der Waals surface area (Å²) in [7, 11) is 0. The number of carbonyl (C=O) groups excluding carboxylic acids is 1. The van der Waals surface area contributed by atoms with Crippen LogP contribution in [0.2, 0.25) is 5.02 Å². The Hall–Kier alpha value is -2.44. The van der Waals surface area contributed by atoms with Crippen LogP contribution in [0.25, 0.3) is 11.1 Å². The van der Waals surface area contributed by atoms with Crippen molar-refractivity contribution in [3.05, 3.63) is 58.9 Å². The van der Waals surface area contributed by atoms with Gasteiger partial charge in [0.25, 0.3) is 0 Å². The molecule has 0 unspecified atom stereocenters. The van der Waals surface area contributed by atoms with E-state index in [1.54, 1.807) is 12.1 Å². The van der Waals surface area contributed by atoms with Crippen molar-refractivity contribution in [3.63, 3.8) is 0 Å². The topological polar surface area (TPSA) is 67.2 Å². The molecule has 0 radical (unpaired) electrons. The highest BCUT2D eigenvalue weighted by Gasteiger charge is 2.08. The molecule has 1 aromatic heterocycles. The molecule has 0 bridgehead atoms. The largest absolute Gasteiger partial charge is 0.440 e. The van der Waals surface area contributed by atoms with E-state index in [0.717, 1.165) is 28.8 Å². The second kappa shape index (κ2) is 8.29. The van der Waals surface area contributed by atoms with Crippen LogP contribution in [0.15, 0.2) is 46.9 Å². The number of halogens is 1. The fourth-order valence-corrected chi connectivity index (χ4v) is 2.88. The molecule has 0 fully saturated rings. The van der Waals surface area contributed by atoms with Crippen molar-refractivity contribution >= 4 is 51.6 Å². The Kier molecular flexibility index (Phi) is 5.85. The average Bonchev–Trinajstić information content (AvgIpc) is 2.98. The summed E-state index contributed by atoms with van der Waals surface area (Å²) in [6, 6.07) is 13.1. The lowest BCUT2D eigenvalue weighted by Crippen LogP contribution is -2.33. The highest BCUT2D eigenvalue weighted by molar-refractivity contribution is 7.80. The molecule has 2 aromatic carbocycles. The fraction of sp³-hybridized carbons (Fsp3) is 0.211. The minimum Gasteiger partial charge on any atom is -0.440 e. The number of nitrogens with zero attached hydrogens (tertiary/aromatic N) is 1. The Morgan fingerprint density at radius 3 is 2.73 bits per heavy atom. The van der Waals surface area contributed by atoms with E-state index in [9.17, 15) is 4.79 Å². The van der Waals surface area contributed by atoms with E-state index in [1.807, 2.05) is 37.3 Å². The zero-order valence-corrected chi connectivity index (χ0v) is 15.8. The number of amides is 1. The Bertz CT molecular complexity index is 938. The molecule has 2 N–H and O–H groups in total. The zero-order chi connectivity index (χ0) is 18.5. The van der Waals surface area contributed by atoms with Crippen LogP contribution in [0.5, 0.6) is 0 Å². The lowest BCUT2D eigenvalue weighted by molar-refractivity contribution is -0.119. The summed E-state index contributed by atoms with van der Waals surface area (Å²) in [5.41, 5.74) is 3.32. The van der Waals surface area contributed by atoms with Crippen LogP contribution >= 0.6 is 23.8 Å².